The lowest BCUT2D eigenvalue weighted by molar-refractivity contribution is 0.0691. The topological polar surface area (TPSA) is 72.9 Å². The number of halogens is 3. The van der Waals surface area contributed by atoms with Crippen LogP contribution in [0.3, 0.4) is 0 Å². The smallest absolute Gasteiger partial charge is 0.338 e. The van der Waals surface area contributed by atoms with Gasteiger partial charge in [-0.25, -0.2) is 13.9 Å². The van der Waals surface area contributed by atoms with Crippen LogP contribution in [0, 0.1) is 5.82 Å². The molecule has 27 heavy (non-hydrogen) atoms. The number of benzene rings is 2. The van der Waals surface area contributed by atoms with E-state index in [1.165, 1.54) is 27.6 Å². The monoisotopic (exact) mass is 404 g/mol. The molecular weight excluding hydrogens is 394 g/mol. The Kier molecular flexibility index (Phi) is 4.33. The Balaban J connectivity index is 1.86. The molecule has 9 heteroatoms. The minimum Gasteiger partial charge on any atom is -0.478 e. The van der Waals surface area contributed by atoms with Crippen molar-refractivity contribution in [3.63, 3.8) is 0 Å². The molecule has 0 radical (unpaired) electrons. The Morgan fingerprint density at radius 2 is 2.04 bits per heavy atom. The average molecular weight is 405 g/mol. The molecule has 1 N–H and O–H groups in total. The second-order valence-electron chi connectivity index (χ2n) is 5.80. The van der Waals surface area contributed by atoms with Crippen molar-refractivity contribution in [3.05, 3.63) is 75.9 Å². The predicted molar refractivity (Wildman–Crippen MR) is 99.3 cm³/mol. The van der Waals surface area contributed by atoms with E-state index in [0.717, 1.165) is 0 Å². The summed E-state index contributed by atoms with van der Waals surface area (Å²) in [6.45, 7) is 0.0103. The fraction of sp³-hybridized carbons (Fsp3) is 0.0556. The van der Waals surface area contributed by atoms with E-state index in [1.54, 1.807) is 30.7 Å². The van der Waals surface area contributed by atoms with Gasteiger partial charge in [0.15, 0.2) is 0 Å². The second-order valence-corrected chi connectivity index (χ2v) is 6.58. The molecular formula is C18H11Cl2FN4O2. The van der Waals surface area contributed by atoms with E-state index in [1.807, 2.05) is 0 Å². The third-order valence-corrected chi connectivity index (χ3v) is 4.80. The molecule has 0 saturated carbocycles. The lowest BCUT2D eigenvalue weighted by atomic mass is 10.1. The largest absolute Gasteiger partial charge is 0.478 e. The first-order valence-electron chi connectivity index (χ1n) is 7.81. The molecule has 0 spiro atoms. The predicted octanol–water partition coefficient (Wildman–Crippen LogP) is 4.41. The van der Waals surface area contributed by atoms with Gasteiger partial charge < -0.3 is 5.11 Å². The quantitative estimate of drug-likeness (QED) is 0.546. The second kappa shape index (κ2) is 6.68. The molecule has 0 bridgehead atoms. The summed E-state index contributed by atoms with van der Waals surface area (Å²) in [7, 11) is 0. The first-order chi connectivity index (χ1) is 13.0. The number of rotatable bonds is 4. The van der Waals surface area contributed by atoms with Crippen molar-refractivity contribution in [3.8, 4) is 5.69 Å². The molecule has 2 heterocycles. The third kappa shape index (κ3) is 2.94. The van der Waals surface area contributed by atoms with Crippen molar-refractivity contribution >= 4 is 40.1 Å². The van der Waals surface area contributed by atoms with Crippen molar-refractivity contribution < 1.29 is 14.3 Å². The van der Waals surface area contributed by atoms with Crippen LogP contribution in [0.5, 0.6) is 0 Å². The van der Waals surface area contributed by atoms with Gasteiger partial charge in [-0.3, -0.25) is 4.68 Å². The van der Waals surface area contributed by atoms with E-state index in [-0.39, 0.29) is 12.1 Å². The Morgan fingerprint density at radius 1 is 1.22 bits per heavy atom. The van der Waals surface area contributed by atoms with Crippen LogP contribution in [0.4, 0.5) is 4.39 Å². The molecule has 2 aromatic carbocycles. The maximum atomic E-state index is 14.5. The number of nitrogens with zero attached hydrogens (tertiary/aromatic N) is 4. The molecule has 0 unspecified atom stereocenters. The van der Waals surface area contributed by atoms with E-state index in [2.05, 4.69) is 10.2 Å². The standard InChI is InChI=1S/C18H11Cl2FN4O2/c19-13-7-11-8-23-25(9-10-3-1-4-12(15(10)21)18(26)27)16(11)14(20)17(13)24-6-2-5-22-24/h1-8H,9H2,(H,26,27). The molecule has 0 atom stereocenters. The number of aromatic nitrogens is 4. The third-order valence-electron chi connectivity index (χ3n) is 4.15. The molecule has 0 fully saturated rings. The van der Waals surface area contributed by atoms with Crippen molar-refractivity contribution in [2.45, 2.75) is 6.54 Å². The summed E-state index contributed by atoms with van der Waals surface area (Å²) in [6.07, 6.45) is 4.87. The zero-order valence-corrected chi connectivity index (χ0v) is 15.1. The highest BCUT2D eigenvalue weighted by Crippen LogP contribution is 2.36. The number of hydrogen-bond acceptors (Lipinski definition) is 3. The number of hydrogen-bond donors (Lipinski definition) is 1. The Hall–Kier alpha value is -2.90. The van der Waals surface area contributed by atoms with E-state index >= 15 is 0 Å². The molecule has 4 aromatic rings. The van der Waals surface area contributed by atoms with Gasteiger partial charge in [0, 0.05) is 23.3 Å². The van der Waals surface area contributed by atoms with Gasteiger partial charge in [0.25, 0.3) is 0 Å². The van der Waals surface area contributed by atoms with Crippen LogP contribution in [-0.2, 0) is 6.54 Å². The van der Waals surface area contributed by atoms with E-state index < -0.39 is 17.3 Å². The molecule has 0 amide bonds. The van der Waals surface area contributed by atoms with Crippen LogP contribution >= 0.6 is 23.2 Å². The molecule has 0 saturated heterocycles. The fourth-order valence-electron chi connectivity index (χ4n) is 2.93. The molecule has 0 aliphatic rings. The van der Waals surface area contributed by atoms with Crippen LogP contribution in [0.1, 0.15) is 15.9 Å². The van der Waals surface area contributed by atoms with E-state index in [4.69, 9.17) is 28.3 Å². The van der Waals surface area contributed by atoms with Crippen molar-refractivity contribution in [1.82, 2.24) is 19.6 Å². The number of carbonyl (C=O) groups is 1. The van der Waals surface area contributed by atoms with Crippen molar-refractivity contribution in [2.24, 2.45) is 0 Å². The molecule has 6 nitrogen and oxygen atoms in total. The van der Waals surface area contributed by atoms with Gasteiger partial charge in [0.2, 0.25) is 0 Å². The SMILES string of the molecule is O=C(O)c1cccc(Cn2ncc3cc(Cl)c(-n4cccn4)c(Cl)c32)c1F. The minimum absolute atomic E-state index is 0.0103. The van der Waals surface area contributed by atoms with Crippen molar-refractivity contribution in [1.29, 1.82) is 0 Å². The zero-order chi connectivity index (χ0) is 19.1. The molecule has 0 aliphatic heterocycles. The molecule has 2 aromatic heterocycles. The lowest BCUT2D eigenvalue weighted by Gasteiger charge is -2.11. The molecule has 136 valence electrons. The van der Waals surface area contributed by atoms with Gasteiger partial charge in [0.05, 0.1) is 33.9 Å². The maximum Gasteiger partial charge on any atom is 0.338 e. The van der Waals surface area contributed by atoms with Crippen molar-refractivity contribution in [2.75, 3.05) is 0 Å². The number of carboxylic acid groups (broad SMARTS) is 1. The van der Waals surface area contributed by atoms with Gasteiger partial charge in [-0.05, 0) is 18.2 Å². The first-order valence-corrected chi connectivity index (χ1v) is 8.57. The Bertz CT molecular complexity index is 1170. The maximum absolute atomic E-state index is 14.5. The van der Waals surface area contributed by atoms with Crippen LogP contribution in [0.2, 0.25) is 10.0 Å². The minimum atomic E-state index is -1.33. The van der Waals surface area contributed by atoms with E-state index in [9.17, 15) is 9.18 Å². The Labute approximate surface area is 162 Å². The van der Waals surface area contributed by atoms with Crippen LogP contribution in [0.15, 0.2) is 48.9 Å². The van der Waals surface area contributed by atoms with Crippen LogP contribution in [0.25, 0.3) is 16.6 Å². The summed E-state index contributed by atoms with van der Waals surface area (Å²) in [5.74, 6) is -2.13. The number of fused-ring (bicyclic) bond motifs is 1. The average Bonchev–Trinajstić information content (AvgIpc) is 3.27. The van der Waals surface area contributed by atoms with Gasteiger partial charge in [-0.1, -0.05) is 35.3 Å². The van der Waals surface area contributed by atoms with Gasteiger partial charge >= 0.3 is 5.97 Å². The van der Waals surface area contributed by atoms with E-state index in [0.29, 0.717) is 26.6 Å². The fourth-order valence-corrected chi connectivity index (χ4v) is 3.67. The highest BCUT2D eigenvalue weighted by Gasteiger charge is 2.19. The van der Waals surface area contributed by atoms with Gasteiger partial charge in [-0.2, -0.15) is 10.2 Å². The molecule has 4 rings (SSSR count). The summed E-state index contributed by atoms with van der Waals surface area (Å²) in [4.78, 5) is 11.1. The Morgan fingerprint density at radius 3 is 2.74 bits per heavy atom. The summed E-state index contributed by atoms with van der Waals surface area (Å²) >= 11 is 12.9. The zero-order valence-electron chi connectivity index (χ0n) is 13.6. The van der Waals surface area contributed by atoms with Crippen LogP contribution in [-0.4, -0.2) is 30.6 Å². The van der Waals surface area contributed by atoms with Crippen LogP contribution < -0.4 is 0 Å². The summed E-state index contributed by atoms with van der Waals surface area (Å²) in [5.41, 5.74) is 0.825. The summed E-state index contributed by atoms with van der Waals surface area (Å²) in [6, 6.07) is 7.65. The lowest BCUT2D eigenvalue weighted by Crippen LogP contribution is -2.08. The van der Waals surface area contributed by atoms with Gasteiger partial charge in [0.1, 0.15) is 11.5 Å². The first kappa shape index (κ1) is 17.5. The molecule has 0 aliphatic carbocycles. The highest BCUT2D eigenvalue weighted by atomic mass is 35.5. The summed E-state index contributed by atoms with van der Waals surface area (Å²) < 4.78 is 17.5. The normalized spacial score (nSPS) is 11.2. The van der Waals surface area contributed by atoms with Gasteiger partial charge in [-0.15, -0.1) is 0 Å². The number of carboxylic acids is 1. The number of aromatic carboxylic acids is 1. The highest BCUT2D eigenvalue weighted by molar-refractivity contribution is 6.41. The summed E-state index contributed by atoms with van der Waals surface area (Å²) in [5, 5.41) is 18.9.